The van der Waals surface area contributed by atoms with E-state index in [0.717, 1.165) is 36.3 Å². The van der Waals surface area contributed by atoms with Crippen LogP contribution in [0, 0.1) is 12.3 Å². The third kappa shape index (κ3) is 3.53. The SMILES string of the molecule is CCCNc1ccc(C)cc1C(=O)NCC1(C)CCC1. The summed E-state index contributed by atoms with van der Waals surface area (Å²) in [5.41, 5.74) is 3.14. The summed E-state index contributed by atoms with van der Waals surface area (Å²) in [6.45, 7) is 8.07. The highest BCUT2D eigenvalue weighted by atomic mass is 16.1. The molecule has 2 rings (SSSR count). The molecular formula is C17H26N2O. The molecule has 0 radical (unpaired) electrons. The molecule has 0 spiro atoms. The lowest BCUT2D eigenvalue weighted by Crippen LogP contribution is -2.40. The van der Waals surface area contributed by atoms with E-state index in [0.29, 0.717) is 5.41 Å². The summed E-state index contributed by atoms with van der Waals surface area (Å²) < 4.78 is 0. The van der Waals surface area contributed by atoms with Crippen molar-refractivity contribution >= 4 is 11.6 Å². The van der Waals surface area contributed by atoms with Crippen LogP contribution < -0.4 is 10.6 Å². The molecular weight excluding hydrogens is 248 g/mol. The molecule has 1 aliphatic carbocycles. The molecule has 1 fully saturated rings. The first-order chi connectivity index (χ1) is 9.54. The maximum Gasteiger partial charge on any atom is 0.253 e. The van der Waals surface area contributed by atoms with Gasteiger partial charge in [0, 0.05) is 18.8 Å². The fourth-order valence-electron chi connectivity index (χ4n) is 2.61. The van der Waals surface area contributed by atoms with Crippen molar-refractivity contribution in [3.8, 4) is 0 Å². The summed E-state index contributed by atoms with van der Waals surface area (Å²) in [6, 6.07) is 6.02. The van der Waals surface area contributed by atoms with Crippen LogP contribution in [-0.4, -0.2) is 19.0 Å². The topological polar surface area (TPSA) is 41.1 Å². The summed E-state index contributed by atoms with van der Waals surface area (Å²) in [5.74, 6) is 0.0421. The van der Waals surface area contributed by atoms with Gasteiger partial charge < -0.3 is 10.6 Å². The molecule has 1 aromatic rings. The van der Waals surface area contributed by atoms with E-state index in [-0.39, 0.29) is 5.91 Å². The molecule has 0 unspecified atom stereocenters. The van der Waals surface area contributed by atoms with E-state index in [9.17, 15) is 4.79 Å². The standard InChI is InChI=1S/C17H26N2O/c1-4-10-18-15-7-6-13(2)11-14(15)16(20)19-12-17(3)8-5-9-17/h6-7,11,18H,4-5,8-10,12H2,1-3H3,(H,19,20). The van der Waals surface area contributed by atoms with Gasteiger partial charge in [0.2, 0.25) is 0 Å². The molecule has 3 nitrogen and oxygen atoms in total. The van der Waals surface area contributed by atoms with Gasteiger partial charge >= 0.3 is 0 Å². The number of nitrogens with one attached hydrogen (secondary N) is 2. The molecule has 1 aromatic carbocycles. The van der Waals surface area contributed by atoms with E-state index >= 15 is 0 Å². The van der Waals surface area contributed by atoms with Crippen LogP contribution in [0.15, 0.2) is 18.2 Å². The maximum atomic E-state index is 12.4. The van der Waals surface area contributed by atoms with Gasteiger partial charge in [-0.05, 0) is 43.7 Å². The Morgan fingerprint density at radius 2 is 2.10 bits per heavy atom. The van der Waals surface area contributed by atoms with Crippen LogP contribution in [0.3, 0.4) is 0 Å². The molecule has 0 aliphatic heterocycles. The number of carbonyl (C=O) groups is 1. The van der Waals surface area contributed by atoms with Crippen molar-refractivity contribution in [2.24, 2.45) is 5.41 Å². The zero-order valence-electron chi connectivity index (χ0n) is 12.9. The van der Waals surface area contributed by atoms with Gasteiger partial charge in [-0.25, -0.2) is 0 Å². The van der Waals surface area contributed by atoms with E-state index in [1.54, 1.807) is 0 Å². The largest absolute Gasteiger partial charge is 0.384 e. The number of hydrogen-bond acceptors (Lipinski definition) is 2. The summed E-state index contributed by atoms with van der Waals surface area (Å²) in [4.78, 5) is 12.4. The van der Waals surface area contributed by atoms with Crippen LogP contribution in [0.4, 0.5) is 5.69 Å². The number of benzene rings is 1. The van der Waals surface area contributed by atoms with Crippen molar-refractivity contribution in [1.29, 1.82) is 0 Å². The molecule has 3 heteroatoms. The summed E-state index contributed by atoms with van der Waals surface area (Å²) >= 11 is 0. The van der Waals surface area contributed by atoms with Crippen LogP contribution in [-0.2, 0) is 0 Å². The number of anilines is 1. The smallest absolute Gasteiger partial charge is 0.253 e. The lowest BCUT2D eigenvalue weighted by Gasteiger charge is -2.38. The molecule has 2 N–H and O–H groups in total. The van der Waals surface area contributed by atoms with Crippen molar-refractivity contribution in [2.75, 3.05) is 18.4 Å². The third-order valence-electron chi connectivity index (χ3n) is 4.22. The van der Waals surface area contributed by atoms with E-state index in [1.807, 2.05) is 25.1 Å². The molecule has 1 saturated carbocycles. The maximum absolute atomic E-state index is 12.4. The summed E-state index contributed by atoms with van der Waals surface area (Å²) in [5, 5.41) is 6.44. The van der Waals surface area contributed by atoms with Gasteiger partial charge in [-0.2, -0.15) is 0 Å². The minimum absolute atomic E-state index is 0.0421. The molecule has 0 atom stereocenters. The third-order valence-corrected chi connectivity index (χ3v) is 4.22. The predicted octanol–water partition coefficient (Wildman–Crippen LogP) is 3.74. The van der Waals surface area contributed by atoms with Crippen LogP contribution >= 0.6 is 0 Å². The fourth-order valence-corrected chi connectivity index (χ4v) is 2.61. The second kappa shape index (κ2) is 6.29. The zero-order valence-corrected chi connectivity index (χ0v) is 12.9. The van der Waals surface area contributed by atoms with Gasteiger partial charge in [0.25, 0.3) is 5.91 Å². The Hall–Kier alpha value is -1.51. The Kier molecular flexibility index (Phi) is 4.69. The Bertz CT molecular complexity index is 478. The second-order valence-electron chi connectivity index (χ2n) is 6.32. The number of carbonyl (C=O) groups excluding carboxylic acids is 1. The highest BCUT2D eigenvalue weighted by Crippen LogP contribution is 2.39. The Morgan fingerprint density at radius 1 is 1.35 bits per heavy atom. The van der Waals surface area contributed by atoms with Crippen molar-refractivity contribution in [3.63, 3.8) is 0 Å². The van der Waals surface area contributed by atoms with E-state index < -0.39 is 0 Å². The minimum Gasteiger partial charge on any atom is -0.384 e. The molecule has 1 aliphatic rings. The first-order valence-corrected chi connectivity index (χ1v) is 7.67. The quantitative estimate of drug-likeness (QED) is 0.829. The zero-order chi connectivity index (χ0) is 14.6. The fraction of sp³-hybridized carbons (Fsp3) is 0.588. The van der Waals surface area contributed by atoms with Gasteiger partial charge in [-0.1, -0.05) is 31.9 Å². The number of amides is 1. The first kappa shape index (κ1) is 14.9. The summed E-state index contributed by atoms with van der Waals surface area (Å²) in [7, 11) is 0. The Labute approximate surface area is 122 Å². The van der Waals surface area contributed by atoms with Crippen molar-refractivity contribution in [1.82, 2.24) is 5.32 Å². The lowest BCUT2D eigenvalue weighted by atomic mass is 9.70. The number of aryl methyl sites for hydroxylation is 1. The minimum atomic E-state index is 0.0421. The number of hydrogen-bond donors (Lipinski definition) is 2. The molecule has 0 bridgehead atoms. The molecule has 1 amide bonds. The van der Waals surface area contributed by atoms with Crippen molar-refractivity contribution in [2.45, 2.75) is 46.5 Å². The van der Waals surface area contributed by atoms with Crippen LogP contribution in [0.5, 0.6) is 0 Å². The van der Waals surface area contributed by atoms with E-state index in [1.165, 1.54) is 19.3 Å². The van der Waals surface area contributed by atoms with Crippen molar-refractivity contribution < 1.29 is 4.79 Å². The Morgan fingerprint density at radius 3 is 2.70 bits per heavy atom. The highest BCUT2D eigenvalue weighted by Gasteiger charge is 2.32. The van der Waals surface area contributed by atoms with Gasteiger partial charge in [-0.3, -0.25) is 4.79 Å². The second-order valence-corrected chi connectivity index (χ2v) is 6.32. The van der Waals surface area contributed by atoms with E-state index in [2.05, 4.69) is 24.5 Å². The molecule has 0 saturated heterocycles. The lowest BCUT2D eigenvalue weighted by molar-refractivity contribution is 0.0891. The van der Waals surface area contributed by atoms with Gasteiger partial charge in [0.05, 0.1) is 5.56 Å². The van der Waals surface area contributed by atoms with Crippen LogP contribution in [0.25, 0.3) is 0 Å². The van der Waals surface area contributed by atoms with Crippen LogP contribution in [0.1, 0.15) is 55.5 Å². The van der Waals surface area contributed by atoms with Gasteiger partial charge in [0.15, 0.2) is 0 Å². The first-order valence-electron chi connectivity index (χ1n) is 7.67. The van der Waals surface area contributed by atoms with E-state index in [4.69, 9.17) is 0 Å². The molecule has 0 aromatic heterocycles. The average Bonchev–Trinajstić information content (AvgIpc) is 2.41. The highest BCUT2D eigenvalue weighted by molar-refractivity contribution is 5.99. The average molecular weight is 274 g/mol. The molecule has 110 valence electrons. The normalized spacial score (nSPS) is 16.4. The molecule has 0 heterocycles. The van der Waals surface area contributed by atoms with Crippen LogP contribution in [0.2, 0.25) is 0 Å². The monoisotopic (exact) mass is 274 g/mol. The van der Waals surface area contributed by atoms with Gasteiger partial charge in [0.1, 0.15) is 0 Å². The molecule has 20 heavy (non-hydrogen) atoms. The van der Waals surface area contributed by atoms with Crippen molar-refractivity contribution in [3.05, 3.63) is 29.3 Å². The Balaban J connectivity index is 2.04. The van der Waals surface area contributed by atoms with Gasteiger partial charge in [-0.15, -0.1) is 0 Å². The number of rotatable bonds is 6. The predicted molar refractivity (Wildman–Crippen MR) is 84.3 cm³/mol. The summed E-state index contributed by atoms with van der Waals surface area (Å²) in [6.07, 6.45) is 4.79.